The second-order valence-electron chi connectivity index (χ2n) is 29.3. The van der Waals surface area contributed by atoms with Crippen LogP contribution in [0.5, 0.6) is 0 Å². The van der Waals surface area contributed by atoms with Gasteiger partial charge in [-0.25, -0.2) is 71.2 Å². The molecule has 0 aliphatic heterocycles. The third kappa shape index (κ3) is 19.1. The first kappa shape index (κ1) is 80.2. The molecule has 14 aromatic carbocycles. The molecular weight excluding hydrogens is 1580 g/mol. The maximum Gasteiger partial charge on any atom is 0.164 e. The van der Waals surface area contributed by atoms with Crippen molar-refractivity contribution in [3.63, 3.8) is 0 Å². The third-order valence-electron chi connectivity index (χ3n) is 20.9. The van der Waals surface area contributed by atoms with Gasteiger partial charge >= 0.3 is 0 Å². The quantitative estimate of drug-likeness (QED) is 0.0797. The lowest BCUT2D eigenvalue weighted by molar-refractivity contribution is 0.627. The average molecular weight is 1650 g/mol. The van der Waals surface area contributed by atoms with Gasteiger partial charge in [-0.15, -0.1) is 0 Å². The highest BCUT2D eigenvalue weighted by atomic mass is 19.1. The van der Waals surface area contributed by atoms with E-state index in [0.29, 0.717) is 85.8 Å². The number of aromatic nitrogens is 12. The highest BCUT2D eigenvalue weighted by Crippen LogP contribution is 2.39. The van der Waals surface area contributed by atoms with Gasteiger partial charge in [0.1, 0.15) is 34.9 Å². The molecular formula is C108H68F6N12. The number of benzene rings is 14. The van der Waals surface area contributed by atoms with Crippen LogP contribution < -0.4 is 0 Å². The fourth-order valence-electron chi connectivity index (χ4n) is 14.3. The van der Waals surface area contributed by atoms with Crippen LogP contribution in [0.4, 0.5) is 26.3 Å². The summed E-state index contributed by atoms with van der Waals surface area (Å²) in [6.45, 7) is 0. The molecule has 0 amide bonds. The van der Waals surface area contributed by atoms with E-state index in [0.717, 1.165) is 106 Å². The highest BCUT2D eigenvalue weighted by molar-refractivity contribution is 5.85. The van der Waals surface area contributed by atoms with E-state index in [-0.39, 0.29) is 34.9 Å². The first-order chi connectivity index (χ1) is 61.8. The van der Waals surface area contributed by atoms with Crippen LogP contribution in [0, 0.1) is 34.9 Å². The molecule has 12 nitrogen and oxygen atoms in total. The number of hydrogen-bond donors (Lipinski definition) is 0. The molecule has 0 saturated heterocycles. The van der Waals surface area contributed by atoms with Crippen LogP contribution >= 0.6 is 0 Å². The van der Waals surface area contributed by atoms with E-state index in [1.54, 1.807) is 91.4 Å². The number of hydrogen-bond acceptors (Lipinski definition) is 12. The van der Waals surface area contributed by atoms with Gasteiger partial charge in [0.05, 0.1) is 0 Å². The van der Waals surface area contributed by atoms with Crippen molar-refractivity contribution in [3.05, 3.63) is 448 Å². The Morgan fingerprint density at radius 1 is 0.119 bits per heavy atom. The van der Waals surface area contributed by atoms with Gasteiger partial charge in [0.2, 0.25) is 0 Å². The van der Waals surface area contributed by atoms with Gasteiger partial charge < -0.3 is 0 Å². The lowest BCUT2D eigenvalue weighted by Crippen LogP contribution is -2.00. The molecule has 0 atom stereocenters. The van der Waals surface area contributed by atoms with Crippen molar-refractivity contribution in [1.29, 1.82) is 0 Å². The van der Waals surface area contributed by atoms with Crippen LogP contribution in [0.1, 0.15) is 0 Å². The number of pyridine rings is 3. The minimum absolute atomic E-state index is 0.343. The molecule has 0 aliphatic rings. The molecule has 6 heterocycles. The summed E-state index contributed by atoms with van der Waals surface area (Å²) in [7, 11) is 0. The van der Waals surface area contributed by atoms with Crippen molar-refractivity contribution >= 4 is 0 Å². The molecule has 18 heteroatoms. The SMILES string of the molecule is Fc1ccc(-c2nc(-c3ccc(F)cc3)nc(-c3ccc(-c4cc(-c5ccccc5)cc(-c5ccccc5)c4)cc3)n2)cc1.Fc1ccc(-c2nc(-c3ccc(F)cc3)nc(-c3ccc(-c4cc(-c5cccnc5)cc(-c5cccnc5)c4)cc3)n2)cc1.Fc1ccc(-c2nc(-c3ccc(F)cc3)nc(-c3ccc(-c4cccc(-c5cccnc5)c4)cc3)n2)cc1. The third-order valence-corrected chi connectivity index (χ3v) is 20.9. The number of halogens is 6. The first-order valence-corrected chi connectivity index (χ1v) is 40.2. The Labute approximate surface area is 721 Å². The summed E-state index contributed by atoms with van der Waals surface area (Å²) in [4.78, 5) is 55.0. The Hall–Kier alpha value is -16.9. The smallest absolute Gasteiger partial charge is 0.164 e. The molecule has 126 heavy (non-hydrogen) atoms. The molecule has 0 radical (unpaired) electrons. The zero-order valence-electron chi connectivity index (χ0n) is 66.9. The van der Waals surface area contributed by atoms with Crippen molar-refractivity contribution in [2.75, 3.05) is 0 Å². The fourth-order valence-corrected chi connectivity index (χ4v) is 14.3. The Morgan fingerprint density at radius 2 is 0.270 bits per heavy atom. The molecule has 0 N–H and O–H groups in total. The van der Waals surface area contributed by atoms with Crippen LogP contribution in [-0.2, 0) is 0 Å². The lowest BCUT2D eigenvalue weighted by atomic mass is 9.93. The standard InChI is InChI=1S/C39H25F2N3.C37H23F2N5.C32H20F2N4/c40-35-19-15-30(16-20-35)38-42-37(43-39(44-38)31-17-21-36(41)22-18-31)29-13-11-28(12-14-29)34-24-32(26-7-3-1-4-8-26)23-33(25-34)27-9-5-2-6-10-27;38-33-13-9-26(10-14-33)36-42-35(43-37(44-36)27-11-15-34(39)16-12-27)25-7-5-24(6-8-25)30-19-31(28-3-1-17-40-22-28)21-32(20-30)29-4-2-18-41-23-29;33-28-14-10-23(11-15-28)31-36-30(37-32(38-31)24-12-16-29(34)17-13-24)22-8-6-21(7-9-22)25-3-1-4-26(19-25)27-5-2-18-35-20-27/h1-25H;1-23H;1-20H. The summed E-state index contributed by atoms with van der Waals surface area (Å²) < 4.78 is 81.7. The van der Waals surface area contributed by atoms with E-state index in [1.165, 1.54) is 72.8 Å². The van der Waals surface area contributed by atoms with Crippen LogP contribution in [0.15, 0.2) is 413 Å². The predicted octanol–water partition coefficient (Wildman–Crippen LogP) is 27.0. The zero-order valence-corrected chi connectivity index (χ0v) is 66.9. The molecule has 0 bridgehead atoms. The van der Waals surface area contributed by atoms with Gasteiger partial charge in [-0.2, -0.15) is 0 Å². The molecule has 20 rings (SSSR count). The molecule has 0 spiro atoms. The van der Waals surface area contributed by atoms with Crippen molar-refractivity contribution in [2.24, 2.45) is 0 Å². The van der Waals surface area contributed by atoms with Gasteiger partial charge in [0, 0.05) is 104 Å². The van der Waals surface area contributed by atoms with Gasteiger partial charge in [-0.05, 0) is 279 Å². The second-order valence-corrected chi connectivity index (χ2v) is 29.3. The van der Waals surface area contributed by atoms with Gasteiger partial charge in [0.25, 0.3) is 0 Å². The molecule has 6 aromatic heterocycles. The van der Waals surface area contributed by atoms with Crippen molar-refractivity contribution < 1.29 is 26.3 Å². The Balaban J connectivity index is 0.000000129. The van der Waals surface area contributed by atoms with E-state index in [4.69, 9.17) is 19.9 Å². The molecule has 0 fully saturated rings. The first-order valence-electron chi connectivity index (χ1n) is 40.2. The molecule has 0 saturated carbocycles. The van der Waals surface area contributed by atoms with E-state index in [2.05, 4.69) is 131 Å². The van der Waals surface area contributed by atoms with Crippen LogP contribution in [-0.4, -0.2) is 59.8 Å². The minimum Gasteiger partial charge on any atom is -0.264 e. The predicted molar refractivity (Wildman–Crippen MR) is 485 cm³/mol. The van der Waals surface area contributed by atoms with Gasteiger partial charge in [-0.1, -0.05) is 170 Å². The normalized spacial score (nSPS) is 10.9. The van der Waals surface area contributed by atoms with E-state index >= 15 is 0 Å². The van der Waals surface area contributed by atoms with E-state index in [9.17, 15) is 26.3 Å². The van der Waals surface area contributed by atoms with Crippen LogP contribution in [0.2, 0.25) is 0 Å². The van der Waals surface area contributed by atoms with Crippen molar-refractivity contribution in [3.8, 4) is 192 Å². The molecule has 0 aliphatic carbocycles. The summed E-state index contributed by atoms with van der Waals surface area (Å²) in [5.41, 5.74) is 23.4. The van der Waals surface area contributed by atoms with Crippen LogP contribution in [0.3, 0.4) is 0 Å². The van der Waals surface area contributed by atoms with Crippen LogP contribution in [0.25, 0.3) is 192 Å². The maximum atomic E-state index is 13.7. The average Bonchev–Trinajstić information content (AvgIpc) is 0.806. The minimum atomic E-state index is -0.350. The zero-order chi connectivity index (χ0) is 85.7. The Morgan fingerprint density at radius 3 is 0.484 bits per heavy atom. The largest absolute Gasteiger partial charge is 0.264 e. The molecule has 20 aromatic rings. The van der Waals surface area contributed by atoms with Crippen molar-refractivity contribution in [2.45, 2.75) is 0 Å². The van der Waals surface area contributed by atoms with Crippen molar-refractivity contribution in [1.82, 2.24) is 59.8 Å². The maximum absolute atomic E-state index is 13.7. The number of rotatable bonds is 17. The highest BCUT2D eigenvalue weighted by Gasteiger charge is 2.20. The fraction of sp³-hybridized carbons (Fsp3) is 0. The molecule has 0 unspecified atom stereocenters. The summed E-state index contributed by atoms with van der Waals surface area (Å²) in [6, 6.07) is 114. The Bertz CT molecular complexity index is 6560. The second kappa shape index (κ2) is 37.0. The Kier molecular flexibility index (Phi) is 23.6. The summed E-state index contributed by atoms with van der Waals surface area (Å²) in [5, 5.41) is 0. The topological polar surface area (TPSA) is 155 Å². The summed E-state index contributed by atoms with van der Waals surface area (Å²) in [6.07, 6.45) is 10.8. The summed E-state index contributed by atoms with van der Waals surface area (Å²) >= 11 is 0. The number of nitrogens with zero attached hydrogens (tertiary/aromatic N) is 12. The summed E-state index contributed by atoms with van der Waals surface area (Å²) in [5.74, 6) is 1.71. The van der Waals surface area contributed by atoms with Gasteiger partial charge in [0.15, 0.2) is 52.4 Å². The lowest BCUT2D eigenvalue weighted by Gasteiger charge is -2.12. The van der Waals surface area contributed by atoms with Gasteiger partial charge in [-0.3, -0.25) is 15.0 Å². The molecule has 602 valence electrons. The monoisotopic (exact) mass is 1650 g/mol. The van der Waals surface area contributed by atoms with E-state index < -0.39 is 0 Å². The van der Waals surface area contributed by atoms with E-state index in [1.807, 2.05) is 158 Å².